The molecule has 0 unspecified atom stereocenters. The van der Waals surface area contributed by atoms with Crippen molar-refractivity contribution in [3.63, 3.8) is 0 Å². The van der Waals surface area contributed by atoms with Crippen LogP contribution in [0.15, 0.2) is 0 Å². The number of nitrogens with zero attached hydrogens (tertiary/aromatic N) is 2. The van der Waals surface area contributed by atoms with Gasteiger partial charge in [-0.05, 0) is 25.5 Å². The van der Waals surface area contributed by atoms with E-state index in [1.165, 1.54) is 11.3 Å². The number of methoxy groups -OCH3 is 1. The van der Waals surface area contributed by atoms with E-state index in [-0.39, 0.29) is 0 Å². The van der Waals surface area contributed by atoms with Crippen molar-refractivity contribution >= 4 is 0 Å². The molecule has 1 aliphatic rings. The van der Waals surface area contributed by atoms with E-state index >= 15 is 0 Å². The smallest absolute Gasteiger partial charge is 0.131 e. The Hall–Kier alpha value is -1.00. The molecule has 1 N–H and O–H groups in total. The standard InChI is InChI=1S/C11H17N3O/c1-8-9-3-5-12-7-10(9)14-11(13-8)4-6-15-2/h12H,3-7H2,1-2H3. The molecule has 1 aromatic heterocycles. The summed E-state index contributed by atoms with van der Waals surface area (Å²) in [7, 11) is 1.70. The molecule has 0 radical (unpaired) electrons. The first-order valence-electron chi connectivity index (χ1n) is 5.36. The third-order valence-corrected chi connectivity index (χ3v) is 2.72. The Balaban J connectivity index is 2.24. The van der Waals surface area contributed by atoms with Crippen molar-refractivity contribution in [2.75, 3.05) is 20.3 Å². The summed E-state index contributed by atoms with van der Waals surface area (Å²) in [5.74, 6) is 0.900. The summed E-state index contributed by atoms with van der Waals surface area (Å²) in [4.78, 5) is 9.06. The van der Waals surface area contributed by atoms with Crippen molar-refractivity contribution < 1.29 is 4.74 Å². The number of hydrogen-bond donors (Lipinski definition) is 1. The van der Waals surface area contributed by atoms with E-state index in [4.69, 9.17) is 4.74 Å². The Labute approximate surface area is 90.1 Å². The van der Waals surface area contributed by atoms with E-state index in [9.17, 15) is 0 Å². The second kappa shape index (κ2) is 4.68. The molecule has 2 rings (SSSR count). The highest BCUT2D eigenvalue weighted by molar-refractivity contribution is 5.27. The molecule has 0 amide bonds. The average Bonchev–Trinajstić information content (AvgIpc) is 2.26. The summed E-state index contributed by atoms with van der Waals surface area (Å²) in [5.41, 5.74) is 3.63. The largest absolute Gasteiger partial charge is 0.384 e. The lowest BCUT2D eigenvalue weighted by Gasteiger charge is -2.18. The van der Waals surface area contributed by atoms with Crippen LogP contribution in [0.4, 0.5) is 0 Å². The van der Waals surface area contributed by atoms with Gasteiger partial charge in [-0.3, -0.25) is 0 Å². The number of aromatic nitrogens is 2. The van der Waals surface area contributed by atoms with E-state index in [1.807, 2.05) is 0 Å². The van der Waals surface area contributed by atoms with Crippen LogP contribution < -0.4 is 5.32 Å². The van der Waals surface area contributed by atoms with Gasteiger partial charge in [0, 0.05) is 25.8 Å². The molecule has 0 atom stereocenters. The summed E-state index contributed by atoms with van der Waals surface area (Å²) in [6.07, 6.45) is 1.84. The first kappa shape index (κ1) is 10.5. The maximum Gasteiger partial charge on any atom is 0.131 e. The molecule has 0 saturated carbocycles. The van der Waals surface area contributed by atoms with Gasteiger partial charge in [0.25, 0.3) is 0 Å². The van der Waals surface area contributed by atoms with Gasteiger partial charge in [-0.25, -0.2) is 9.97 Å². The number of nitrogens with one attached hydrogen (secondary N) is 1. The predicted octanol–water partition coefficient (Wildman–Crippen LogP) is 0.620. The molecule has 0 aromatic carbocycles. The van der Waals surface area contributed by atoms with Crippen molar-refractivity contribution in [3.8, 4) is 0 Å². The lowest BCUT2D eigenvalue weighted by molar-refractivity contribution is 0.200. The quantitative estimate of drug-likeness (QED) is 0.789. The molecule has 4 heteroatoms. The fourth-order valence-corrected chi connectivity index (χ4v) is 1.91. The van der Waals surface area contributed by atoms with E-state index in [1.54, 1.807) is 7.11 Å². The maximum absolute atomic E-state index is 5.03. The van der Waals surface area contributed by atoms with Gasteiger partial charge in [-0.2, -0.15) is 0 Å². The second-order valence-electron chi connectivity index (χ2n) is 3.82. The minimum absolute atomic E-state index is 0.686. The first-order chi connectivity index (χ1) is 7.31. The Morgan fingerprint density at radius 2 is 2.27 bits per heavy atom. The number of ether oxygens (including phenoxy) is 1. The fraction of sp³-hybridized carbons (Fsp3) is 0.636. The van der Waals surface area contributed by atoms with Crippen LogP contribution in [-0.2, 0) is 24.1 Å². The predicted molar refractivity (Wildman–Crippen MR) is 57.8 cm³/mol. The third kappa shape index (κ3) is 2.33. The van der Waals surface area contributed by atoms with E-state index in [0.717, 1.165) is 37.4 Å². The van der Waals surface area contributed by atoms with E-state index < -0.39 is 0 Å². The Morgan fingerprint density at radius 1 is 1.40 bits per heavy atom. The molecule has 82 valence electrons. The van der Waals surface area contributed by atoms with Gasteiger partial charge in [0.05, 0.1) is 12.3 Å². The Kier molecular flexibility index (Phi) is 3.28. The molecule has 0 fully saturated rings. The summed E-state index contributed by atoms with van der Waals surface area (Å²) in [5, 5.41) is 3.33. The topological polar surface area (TPSA) is 47.0 Å². The van der Waals surface area contributed by atoms with Gasteiger partial charge in [-0.15, -0.1) is 0 Å². The van der Waals surface area contributed by atoms with E-state index in [0.29, 0.717) is 6.61 Å². The van der Waals surface area contributed by atoms with Crippen LogP contribution in [0.1, 0.15) is 22.8 Å². The van der Waals surface area contributed by atoms with Gasteiger partial charge in [0.1, 0.15) is 5.82 Å². The highest BCUT2D eigenvalue weighted by Crippen LogP contribution is 2.14. The van der Waals surface area contributed by atoms with Gasteiger partial charge in [0.15, 0.2) is 0 Å². The molecule has 0 bridgehead atoms. The fourth-order valence-electron chi connectivity index (χ4n) is 1.91. The molecule has 0 spiro atoms. The Bertz CT molecular complexity index is 352. The summed E-state index contributed by atoms with van der Waals surface area (Å²) in [6.45, 7) is 4.67. The molecular formula is C11H17N3O. The molecule has 0 aliphatic carbocycles. The van der Waals surface area contributed by atoms with Crippen LogP contribution in [0.2, 0.25) is 0 Å². The van der Waals surface area contributed by atoms with Crippen molar-refractivity contribution in [3.05, 3.63) is 22.8 Å². The summed E-state index contributed by atoms with van der Waals surface area (Å²) < 4.78 is 5.03. The molecule has 4 nitrogen and oxygen atoms in total. The molecule has 15 heavy (non-hydrogen) atoms. The van der Waals surface area contributed by atoms with Crippen LogP contribution in [0.5, 0.6) is 0 Å². The minimum atomic E-state index is 0.686. The number of fused-ring (bicyclic) bond motifs is 1. The third-order valence-electron chi connectivity index (χ3n) is 2.72. The number of rotatable bonds is 3. The maximum atomic E-state index is 5.03. The van der Waals surface area contributed by atoms with E-state index in [2.05, 4.69) is 22.2 Å². The lowest BCUT2D eigenvalue weighted by Crippen LogP contribution is -2.26. The molecule has 1 aromatic rings. The van der Waals surface area contributed by atoms with Crippen LogP contribution in [0.3, 0.4) is 0 Å². The van der Waals surface area contributed by atoms with Crippen LogP contribution in [0.25, 0.3) is 0 Å². The highest BCUT2D eigenvalue weighted by Gasteiger charge is 2.14. The zero-order valence-electron chi connectivity index (χ0n) is 9.34. The van der Waals surface area contributed by atoms with Crippen LogP contribution in [-0.4, -0.2) is 30.2 Å². The van der Waals surface area contributed by atoms with Crippen molar-refractivity contribution in [2.45, 2.75) is 26.3 Å². The van der Waals surface area contributed by atoms with Gasteiger partial charge < -0.3 is 10.1 Å². The monoisotopic (exact) mass is 207 g/mol. The lowest BCUT2D eigenvalue weighted by atomic mass is 10.0. The summed E-state index contributed by atoms with van der Waals surface area (Å²) in [6, 6.07) is 0. The number of aryl methyl sites for hydroxylation is 1. The zero-order valence-corrected chi connectivity index (χ0v) is 9.34. The van der Waals surface area contributed by atoms with Crippen LogP contribution in [0, 0.1) is 6.92 Å². The molecule has 2 heterocycles. The SMILES string of the molecule is COCCc1nc(C)c2c(n1)CNCC2. The van der Waals surface area contributed by atoms with Crippen molar-refractivity contribution in [1.29, 1.82) is 0 Å². The average molecular weight is 207 g/mol. The molecule has 1 aliphatic heterocycles. The second-order valence-corrected chi connectivity index (χ2v) is 3.82. The normalized spacial score (nSPS) is 15.1. The van der Waals surface area contributed by atoms with Gasteiger partial charge in [0.2, 0.25) is 0 Å². The summed E-state index contributed by atoms with van der Waals surface area (Å²) >= 11 is 0. The highest BCUT2D eigenvalue weighted by atomic mass is 16.5. The minimum Gasteiger partial charge on any atom is -0.384 e. The first-order valence-corrected chi connectivity index (χ1v) is 5.36. The van der Waals surface area contributed by atoms with Crippen molar-refractivity contribution in [1.82, 2.24) is 15.3 Å². The van der Waals surface area contributed by atoms with Crippen molar-refractivity contribution in [2.24, 2.45) is 0 Å². The molecule has 0 saturated heterocycles. The molecular weight excluding hydrogens is 190 g/mol. The number of hydrogen-bond acceptors (Lipinski definition) is 4. The Morgan fingerprint density at radius 3 is 3.07 bits per heavy atom. The zero-order chi connectivity index (χ0) is 10.7. The van der Waals surface area contributed by atoms with Crippen LogP contribution >= 0.6 is 0 Å². The van der Waals surface area contributed by atoms with Gasteiger partial charge >= 0.3 is 0 Å². The van der Waals surface area contributed by atoms with Gasteiger partial charge in [-0.1, -0.05) is 0 Å².